The standard InChI is InChI=1S/C15H25NO4/c1-11(15(18)20-13-7-8-19-10-13)16-14(17)9-12-5-3-2-4-6-12/h11-13H,2-10H2,1H3,(H,16,17)/t11-,13-/m0/s1. The lowest BCUT2D eigenvalue weighted by atomic mass is 9.87. The topological polar surface area (TPSA) is 64.6 Å². The number of rotatable bonds is 5. The number of carbonyl (C=O) groups excluding carboxylic acids is 2. The molecule has 5 heteroatoms. The van der Waals surface area contributed by atoms with Crippen molar-refractivity contribution in [3.05, 3.63) is 0 Å². The summed E-state index contributed by atoms with van der Waals surface area (Å²) < 4.78 is 10.4. The molecule has 1 amide bonds. The van der Waals surface area contributed by atoms with Crippen LogP contribution in [0.1, 0.15) is 51.9 Å². The van der Waals surface area contributed by atoms with E-state index in [9.17, 15) is 9.59 Å². The van der Waals surface area contributed by atoms with E-state index in [1.54, 1.807) is 6.92 Å². The van der Waals surface area contributed by atoms with Gasteiger partial charge in [0.2, 0.25) is 5.91 Å². The lowest BCUT2D eigenvalue weighted by molar-refractivity contribution is -0.152. The van der Waals surface area contributed by atoms with Gasteiger partial charge in [0.05, 0.1) is 13.2 Å². The predicted molar refractivity (Wildman–Crippen MR) is 74.1 cm³/mol. The number of ether oxygens (including phenoxy) is 2. The quantitative estimate of drug-likeness (QED) is 0.781. The fourth-order valence-electron chi connectivity index (χ4n) is 2.88. The van der Waals surface area contributed by atoms with Crippen LogP contribution in [-0.2, 0) is 19.1 Å². The minimum Gasteiger partial charge on any atom is -0.458 e. The van der Waals surface area contributed by atoms with Gasteiger partial charge >= 0.3 is 5.97 Å². The van der Waals surface area contributed by atoms with Crippen LogP contribution in [0.5, 0.6) is 0 Å². The molecule has 0 aromatic carbocycles. The second-order valence-corrected chi connectivity index (χ2v) is 5.92. The highest BCUT2D eigenvalue weighted by molar-refractivity contribution is 5.84. The van der Waals surface area contributed by atoms with Crippen LogP contribution in [0, 0.1) is 5.92 Å². The molecule has 1 aliphatic carbocycles. The van der Waals surface area contributed by atoms with Crippen LogP contribution in [0.4, 0.5) is 0 Å². The molecule has 2 fully saturated rings. The van der Waals surface area contributed by atoms with Crippen molar-refractivity contribution in [1.82, 2.24) is 5.32 Å². The van der Waals surface area contributed by atoms with Crippen LogP contribution >= 0.6 is 0 Å². The predicted octanol–water partition coefficient (Wildman–Crippen LogP) is 1.79. The van der Waals surface area contributed by atoms with E-state index in [0.717, 1.165) is 19.3 Å². The van der Waals surface area contributed by atoms with Crippen molar-refractivity contribution in [2.24, 2.45) is 5.92 Å². The molecule has 2 atom stereocenters. The zero-order valence-corrected chi connectivity index (χ0v) is 12.2. The smallest absolute Gasteiger partial charge is 0.328 e. The minimum atomic E-state index is -0.577. The molecule has 0 aromatic heterocycles. The van der Waals surface area contributed by atoms with Gasteiger partial charge in [0.1, 0.15) is 12.1 Å². The summed E-state index contributed by atoms with van der Waals surface area (Å²) in [6.45, 7) is 2.78. The molecule has 20 heavy (non-hydrogen) atoms. The fourth-order valence-corrected chi connectivity index (χ4v) is 2.88. The van der Waals surface area contributed by atoms with Crippen LogP contribution in [0.2, 0.25) is 0 Å². The highest BCUT2D eigenvalue weighted by Gasteiger charge is 2.25. The Kier molecular flexibility index (Phi) is 5.83. The van der Waals surface area contributed by atoms with Crippen molar-refractivity contribution in [1.29, 1.82) is 0 Å². The highest BCUT2D eigenvalue weighted by atomic mass is 16.6. The Bertz CT molecular complexity index is 333. The lowest BCUT2D eigenvalue weighted by Crippen LogP contribution is -2.41. The third-order valence-electron chi connectivity index (χ3n) is 4.10. The van der Waals surface area contributed by atoms with Crippen molar-refractivity contribution >= 4 is 11.9 Å². The van der Waals surface area contributed by atoms with Crippen LogP contribution < -0.4 is 5.32 Å². The second kappa shape index (κ2) is 7.62. The van der Waals surface area contributed by atoms with E-state index in [1.165, 1.54) is 19.3 Å². The van der Waals surface area contributed by atoms with Crippen molar-refractivity contribution in [3.63, 3.8) is 0 Å². The molecule has 0 bridgehead atoms. The van der Waals surface area contributed by atoms with Gasteiger partial charge in [-0.3, -0.25) is 4.79 Å². The van der Waals surface area contributed by atoms with Crippen LogP contribution in [0.3, 0.4) is 0 Å². The first-order valence-corrected chi connectivity index (χ1v) is 7.72. The van der Waals surface area contributed by atoms with Gasteiger partial charge < -0.3 is 14.8 Å². The zero-order chi connectivity index (χ0) is 14.4. The average molecular weight is 283 g/mol. The van der Waals surface area contributed by atoms with Gasteiger partial charge in [0, 0.05) is 12.8 Å². The summed E-state index contributed by atoms with van der Waals surface area (Å²) in [5, 5.41) is 2.75. The zero-order valence-electron chi connectivity index (χ0n) is 12.2. The SMILES string of the molecule is C[C@H](NC(=O)CC1CCCCC1)C(=O)O[C@H]1CCOC1. The summed E-state index contributed by atoms with van der Waals surface area (Å²) in [6, 6.07) is -0.577. The summed E-state index contributed by atoms with van der Waals surface area (Å²) in [5.41, 5.74) is 0. The van der Waals surface area contributed by atoms with E-state index in [-0.39, 0.29) is 18.0 Å². The third kappa shape index (κ3) is 4.78. The summed E-state index contributed by atoms with van der Waals surface area (Å²) in [6.07, 6.45) is 7.11. The Morgan fingerprint density at radius 1 is 1.25 bits per heavy atom. The van der Waals surface area contributed by atoms with E-state index in [4.69, 9.17) is 9.47 Å². The Labute approximate surface area is 120 Å². The number of hydrogen-bond donors (Lipinski definition) is 1. The molecule has 1 aliphatic heterocycles. The molecule has 0 aromatic rings. The number of carbonyl (C=O) groups is 2. The maximum atomic E-state index is 11.9. The minimum absolute atomic E-state index is 0.0379. The van der Waals surface area contributed by atoms with Crippen LogP contribution in [0.15, 0.2) is 0 Å². The molecule has 0 unspecified atom stereocenters. The van der Waals surface area contributed by atoms with E-state index >= 15 is 0 Å². The lowest BCUT2D eigenvalue weighted by Gasteiger charge is -2.22. The molecule has 1 heterocycles. The second-order valence-electron chi connectivity index (χ2n) is 5.92. The number of hydrogen-bond acceptors (Lipinski definition) is 4. The van der Waals surface area contributed by atoms with Crippen molar-refractivity contribution in [2.75, 3.05) is 13.2 Å². The molecule has 114 valence electrons. The van der Waals surface area contributed by atoms with Crippen LogP contribution in [0.25, 0.3) is 0 Å². The van der Waals surface area contributed by atoms with Gasteiger partial charge in [-0.25, -0.2) is 4.79 Å². The number of amides is 1. The van der Waals surface area contributed by atoms with Crippen molar-refractivity contribution < 1.29 is 19.1 Å². The molecular weight excluding hydrogens is 258 g/mol. The molecule has 0 radical (unpaired) electrons. The molecule has 2 rings (SSSR count). The van der Waals surface area contributed by atoms with Gasteiger partial charge in [-0.15, -0.1) is 0 Å². The number of esters is 1. The molecular formula is C15H25NO4. The van der Waals surface area contributed by atoms with E-state index in [1.807, 2.05) is 0 Å². The van der Waals surface area contributed by atoms with E-state index in [2.05, 4.69) is 5.32 Å². The van der Waals surface area contributed by atoms with E-state index < -0.39 is 6.04 Å². The molecule has 1 saturated carbocycles. The third-order valence-corrected chi connectivity index (χ3v) is 4.10. The van der Waals surface area contributed by atoms with E-state index in [0.29, 0.717) is 25.6 Å². The fraction of sp³-hybridized carbons (Fsp3) is 0.867. The highest BCUT2D eigenvalue weighted by Crippen LogP contribution is 2.26. The molecule has 0 spiro atoms. The Morgan fingerprint density at radius 3 is 2.65 bits per heavy atom. The van der Waals surface area contributed by atoms with Crippen molar-refractivity contribution in [2.45, 2.75) is 64.0 Å². The maximum Gasteiger partial charge on any atom is 0.328 e. The molecule has 2 aliphatic rings. The van der Waals surface area contributed by atoms with Gasteiger partial charge in [0.15, 0.2) is 0 Å². The first-order chi connectivity index (χ1) is 9.65. The van der Waals surface area contributed by atoms with Crippen LogP contribution in [-0.4, -0.2) is 37.2 Å². The normalized spacial score (nSPS) is 25.1. The monoisotopic (exact) mass is 283 g/mol. The van der Waals surface area contributed by atoms with Gasteiger partial charge in [-0.2, -0.15) is 0 Å². The Balaban J connectivity index is 1.67. The maximum absolute atomic E-state index is 11.9. The molecule has 1 N–H and O–H groups in total. The molecule has 5 nitrogen and oxygen atoms in total. The first-order valence-electron chi connectivity index (χ1n) is 7.72. The average Bonchev–Trinajstić information content (AvgIpc) is 2.92. The van der Waals surface area contributed by atoms with Gasteiger partial charge in [-0.1, -0.05) is 19.3 Å². The first kappa shape index (κ1) is 15.3. The summed E-state index contributed by atoms with van der Waals surface area (Å²) in [4.78, 5) is 23.8. The molecule has 1 saturated heterocycles. The van der Waals surface area contributed by atoms with Crippen molar-refractivity contribution in [3.8, 4) is 0 Å². The summed E-state index contributed by atoms with van der Waals surface area (Å²) in [7, 11) is 0. The largest absolute Gasteiger partial charge is 0.458 e. The van der Waals surface area contributed by atoms with Gasteiger partial charge in [-0.05, 0) is 25.7 Å². The number of nitrogens with one attached hydrogen (secondary N) is 1. The summed E-state index contributed by atoms with van der Waals surface area (Å²) >= 11 is 0. The Hall–Kier alpha value is -1.10. The summed E-state index contributed by atoms with van der Waals surface area (Å²) in [5.74, 6) is 0.0803. The van der Waals surface area contributed by atoms with Gasteiger partial charge in [0.25, 0.3) is 0 Å². The Morgan fingerprint density at radius 2 is 2.00 bits per heavy atom.